The fourth-order valence-electron chi connectivity index (χ4n) is 2.72. The van der Waals surface area contributed by atoms with Gasteiger partial charge in [-0.05, 0) is 23.8 Å². The van der Waals surface area contributed by atoms with Gasteiger partial charge in [0.05, 0.1) is 32.9 Å². The predicted octanol–water partition coefficient (Wildman–Crippen LogP) is 2.88. The van der Waals surface area contributed by atoms with Crippen LogP contribution in [0, 0.1) is 0 Å². The fourth-order valence-corrected chi connectivity index (χ4v) is 2.72. The van der Waals surface area contributed by atoms with Crippen LogP contribution in [0.5, 0.6) is 11.5 Å². The van der Waals surface area contributed by atoms with Crippen molar-refractivity contribution in [3.63, 3.8) is 0 Å². The van der Waals surface area contributed by atoms with E-state index < -0.39 is 0 Å². The van der Waals surface area contributed by atoms with E-state index in [1.807, 2.05) is 48.5 Å². The lowest BCUT2D eigenvalue weighted by Gasteiger charge is -2.11. The van der Waals surface area contributed by atoms with Gasteiger partial charge in [0.25, 0.3) is 0 Å². The molecule has 0 unspecified atom stereocenters. The topological polar surface area (TPSA) is 51.1 Å². The van der Waals surface area contributed by atoms with Gasteiger partial charge in [-0.15, -0.1) is 0 Å². The number of methoxy groups -OCH3 is 2. The van der Waals surface area contributed by atoms with Gasteiger partial charge in [0.2, 0.25) is 5.91 Å². The molecule has 0 aromatic heterocycles. The third-order valence-electron chi connectivity index (χ3n) is 4.00. The molecule has 3 rings (SSSR count). The number of hydrogen-bond acceptors (Lipinski definition) is 4. The number of carbonyl (C=O) groups is 1. The molecule has 0 radical (unpaired) electrons. The number of hydrogen-bond donors (Lipinski definition) is 0. The van der Waals surface area contributed by atoms with Crippen LogP contribution in [0.15, 0.2) is 53.6 Å². The van der Waals surface area contributed by atoms with E-state index in [-0.39, 0.29) is 5.91 Å². The Morgan fingerprint density at radius 3 is 2.54 bits per heavy atom. The summed E-state index contributed by atoms with van der Waals surface area (Å²) in [5, 5.41) is 6.04. The van der Waals surface area contributed by atoms with Crippen molar-refractivity contribution in [2.75, 3.05) is 20.8 Å². The average Bonchev–Trinajstić information content (AvgIpc) is 3.12. The number of carbonyl (C=O) groups excluding carboxylic acids is 1. The fraction of sp³-hybridized carbons (Fsp3) is 0.263. The first-order chi connectivity index (χ1) is 11.7. The molecule has 0 saturated carbocycles. The molecule has 0 aliphatic carbocycles. The van der Waals surface area contributed by atoms with Gasteiger partial charge in [0.1, 0.15) is 0 Å². The first-order valence-corrected chi connectivity index (χ1v) is 7.85. The van der Waals surface area contributed by atoms with Gasteiger partial charge >= 0.3 is 0 Å². The molecule has 2 aromatic carbocycles. The molecule has 0 atom stereocenters. The summed E-state index contributed by atoms with van der Waals surface area (Å²) in [6.45, 7) is 0.606. The lowest BCUT2D eigenvalue weighted by molar-refractivity contribution is -0.130. The molecule has 0 saturated heterocycles. The zero-order valence-corrected chi connectivity index (χ0v) is 13.9. The summed E-state index contributed by atoms with van der Waals surface area (Å²) in [5.41, 5.74) is 2.83. The zero-order valence-electron chi connectivity index (χ0n) is 13.9. The minimum atomic E-state index is 0.0108. The number of nitrogens with zero attached hydrogens (tertiary/aromatic N) is 2. The van der Waals surface area contributed by atoms with Gasteiger partial charge in [-0.3, -0.25) is 4.79 Å². The second kappa shape index (κ2) is 7.17. The van der Waals surface area contributed by atoms with Crippen molar-refractivity contribution in [2.24, 2.45) is 5.10 Å². The van der Waals surface area contributed by atoms with E-state index in [1.165, 1.54) is 0 Å². The zero-order chi connectivity index (χ0) is 16.9. The summed E-state index contributed by atoms with van der Waals surface area (Å²) in [6.07, 6.45) is 1.10. The SMILES string of the molecule is COc1ccc(C2=NN(C(=O)Cc3ccccc3)CC2)cc1OC. The molecular formula is C19H20N2O3. The Bertz CT molecular complexity index is 756. The molecule has 1 aliphatic rings. The second-order valence-electron chi connectivity index (χ2n) is 5.55. The van der Waals surface area contributed by atoms with Crippen molar-refractivity contribution in [1.82, 2.24) is 5.01 Å². The van der Waals surface area contributed by atoms with Crippen LogP contribution in [0.4, 0.5) is 0 Å². The van der Waals surface area contributed by atoms with E-state index in [0.29, 0.717) is 24.5 Å². The Morgan fingerprint density at radius 2 is 1.83 bits per heavy atom. The van der Waals surface area contributed by atoms with E-state index in [2.05, 4.69) is 5.10 Å². The lowest BCUT2D eigenvalue weighted by Crippen LogP contribution is -2.25. The molecule has 5 heteroatoms. The van der Waals surface area contributed by atoms with Crippen molar-refractivity contribution in [1.29, 1.82) is 0 Å². The average molecular weight is 324 g/mol. The van der Waals surface area contributed by atoms with E-state index in [1.54, 1.807) is 19.2 Å². The Kier molecular flexibility index (Phi) is 4.79. The first kappa shape index (κ1) is 16.1. The van der Waals surface area contributed by atoms with E-state index >= 15 is 0 Å². The number of amides is 1. The lowest BCUT2D eigenvalue weighted by atomic mass is 10.1. The minimum Gasteiger partial charge on any atom is -0.493 e. The van der Waals surface area contributed by atoms with Crippen molar-refractivity contribution in [3.8, 4) is 11.5 Å². The highest BCUT2D eigenvalue weighted by Crippen LogP contribution is 2.29. The van der Waals surface area contributed by atoms with Crippen LogP contribution in [-0.4, -0.2) is 37.4 Å². The standard InChI is InChI=1S/C19H20N2O3/c1-23-17-9-8-15(13-18(17)24-2)16-10-11-21(20-16)19(22)12-14-6-4-3-5-7-14/h3-9,13H,10-12H2,1-2H3. The summed E-state index contributed by atoms with van der Waals surface area (Å²) in [6, 6.07) is 15.4. The highest BCUT2D eigenvalue weighted by molar-refractivity contribution is 6.03. The van der Waals surface area contributed by atoms with Gasteiger partial charge in [-0.25, -0.2) is 5.01 Å². The summed E-state index contributed by atoms with van der Waals surface area (Å²) in [4.78, 5) is 12.4. The molecule has 0 fully saturated rings. The van der Waals surface area contributed by atoms with Gasteiger partial charge in [-0.2, -0.15) is 5.10 Å². The summed E-state index contributed by atoms with van der Waals surface area (Å²) < 4.78 is 10.6. The molecular weight excluding hydrogens is 304 g/mol. The predicted molar refractivity (Wildman–Crippen MR) is 92.6 cm³/mol. The maximum atomic E-state index is 12.4. The highest BCUT2D eigenvalue weighted by atomic mass is 16.5. The molecule has 0 N–H and O–H groups in total. The number of rotatable bonds is 5. The van der Waals surface area contributed by atoms with Crippen LogP contribution in [0.1, 0.15) is 17.5 Å². The normalized spacial score (nSPS) is 13.6. The van der Waals surface area contributed by atoms with E-state index in [0.717, 1.165) is 23.3 Å². The molecule has 5 nitrogen and oxygen atoms in total. The van der Waals surface area contributed by atoms with Gasteiger partial charge in [0, 0.05) is 12.0 Å². The van der Waals surface area contributed by atoms with Crippen LogP contribution < -0.4 is 9.47 Å². The highest BCUT2D eigenvalue weighted by Gasteiger charge is 2.22. The monoisotopic (exact) mass is 324 g/mol. The Balaban J connectivity index is 1.74. The molecule has 0 spiro atoms. The first-order valence-electron chi connectivity index (χ1n) is 7.85. The maximum absolute atomic E-state index is 12.4. The van der Waals surface area contributed by atoms with Crippen LogP contribution >= 0.6 is 0 Å². The van der Waals surface area contributed by atoms with Crippen LogP contribution in [0.25, 0.3) is 0 Å². The van der Waals surface area contributed by atoms with Gasteiger partial charge in [0.15, 0.2) is 11.5 Å². The molecule has 1 amide bonds. The third-order valence-corrected chi connectivity index (χ3v) is 4.00. The molecule has 2 aromatic rings. The quantitative estimate of drug-likeness (QED) is 0.850. The molecule has 0 bridgehead atoms. The van der Waals surface area contributed by atoms with Gasteiger partial charge in [-0.1, -0.05) is 30.3 Å². The largest absolute Gasteiger partial charge is 0.493 e. The summed E-state index contributed by atoms with van der Waals surface area (Å²) in [7, 11) is 3.21. The van der Waals surface area contributed by atoms with E-state index in [4.69, 9.17) is 9.47 Å². The van der Waals surface area contributed by atoms with Gasteiger partial charge < -0.3 is 9.47 Å². The maximum Gasteiger partial charge on any atom is 0.247 e. The molecule has 1 aliphatic heterocycles. The van der Waals surface area contributed by atoms with Crippen molar-refractivity contribution < 1.29 is 14.3 Å². The smallest absolute Gasteiger partial charge is 0.247 e. The van der Waals surface area contributed by atoms with Crippen LogP contribution in [0.2, 0.25) is 0 Å². The molecule has 124 valence electrons. The van der Waals surface area contributed by atoms with Crippen LogP contribution in [0.3, 0.4) is 0 Å². The number of ether oxygens (including phenoxy) is 2. The third kappa shape index (κ3) is 3.40. The van der Waals surface area contributed by atoms with Crippen molar-refractivity contribution in [3.05, 3.63) is 59.7 Å². The van der Waals surface area contributed by atoms with E-state index in [9.17, 15) is 4.79 Å². The molecule has 24 heavy (non-hydrogen) atoms. The van der Waals surface area contributed by atoms with Crippen LogP contribution in [-0.2, 0) is 11.2 Å². The second-order valence-corrected chi connectivity index (χ2v) is 5.55. The minimum absolute atomic E-state index is 0.0108. The summed E-state index contributed by atoms with van der Waals surface area (Å²) in [5.74, 6) is 1.35. The Morgan fingerprint density at radius 1 is 1.08 bits per heavy atom. The van der Waals surface area contributed by atoms with Crippen molar-refractivity contribution >= 4 is 11.6 Å². The molecule has 1 heterocycles. The summed E-state index contributed by atoms with van der Waals surface area (Å²) >= 11 is 0. The Labute approximate surface area is 141 Å². The number of benzene rings is 2. The number of hydrazone groups is 1. The van der Waals surface area contributed by atoms with Crippen molar-refractivity contribution in [2.45, 2.75) is 12.8 Å². The Hall–Kier alpha value is -2.82.